The maximum absolute atomic E-state index is 14.3. The van der Waals surface area contributed by atoms with E-state index in [1.54, 1.807) is 7.11 Å². The number of hydrogen-bond acceptors (Lipinski definition) is 3. The van der Waals surface area contributed by atoms with Crippen LogP contribution in [0.4, 0.5) is 10.1 Å². The van der Waals surface area contributed by atoms with E-state index in [1.807, 2.05) is 24.3 Å². The zero-order chi connectivity index (χ0) is 12.3. The van der Waals surface area contributed by atoms with Gasteiger partial charge < -0.3 is 15.8 Å². The van der Waals surface area contributed by atoms with Crippen LogP contribution in [0.1, 0.15) is 19.3 Å². The van der Waals surface area contributed by atoms with Crippen LogP contribution in [-0.2, 0) is 0 Å². The summed E-state index contributed by atoms with van der Waals surface area (Å²) < 4.78 is 19.4. The average Bonchev–Trinajstić information content (AvgIpc) is 2.68. The molecule has 0 aliphatic heterocycles. The predicted octanol–water partition coefficient (Wildman–Crippen LogP) is 2.33. The Morgan fingerprint density at radius 2 is 2.41 bits per heavy atom. The summed E-state index contributed by atoms with van der Waals surface area (Å²) in [5, 5.41) is 3.11. The first-order chi connectivity index (χ1) is 8.11. The molecule has 1 fully saturated rings. The number of benzene rings is 1. The third-order valence-electron chi connectivity index (χ3n) is 3.27. The first-order valence-corrected chi connectivity index (χ1v) is 5.94. The molecule has 1 aliphatic carbocycles. The molecule has 3 N–H and O–H groups in total. The molecule has 2 atom stereocenters. The maximum atomic E-state index is 14.3. The van der Waals surface area contributed by atoms with Gasteiger partial charge in [0.2, 0.25) is 0 Å². The Morgan fingerprint density at radius 3 is 3.06 bits per heavy atom. The predicted molar refractivity (Wildman–Crippen MR) is 67.1 cm³/mol. The van der Waals surface area contributed by atoms with Crippen molar-refractivity contribution in [2.24, 2.45) is 5.73 Å². The Morgan fingerprint density at radius 1 is 1.59 bits per heavy atom. The van der Waals surface area contributed by atoms with Crippen molar-refractivity contribution in [1.82, 2.24) is 0 Å². The summed E-state index contributed by atoms with van der Waals surface area (Å²) in [5.41, 5.74) is 5.45. The van der Waals surface area contributed by atoms with Crippen LogP contribution in [0.3, 0.4) is 0 Å². The molecule has 17 heavy (non-hydrogen) atoms. The standard InChI is InChI=1S/C13H19FN2O/c1-17-12-4-2-3-11(7-12)16-9-13(14)6-5-10(15)8-13/h2-4,7,10,16H,5-6,8-9,15H2,1H3. The molecule has 1 aromatic rings. The Balaban J connectivity index is 1.93. The van der Waals surface area contributed by atoms with Crippen LogP contribution in [0.5, 0.6) is 5.75 Å². The van der Waals surface area contributed by atoms with Crippen molar-refractivity contribution >= 4 is 5.69 Å². The first kappa shape index (κ1) is 12.2. The van der Waals surface area contributed by atoms with Gasteiger partial charge in [-0.1, -0.05) is 6.07 Å². The Labute approximate surface area is 101 Å². The second kappa shape index (κ2) is 4.92. The van der Waals surface area contributed by atoms with Gasteiger partial charge in [0.15, 0.2) is 0 Å². The van der Waals surface area contributed by atoms with E-state index in [9.17, 15) is 4.39 Å². The molecule has 0 heterocycles. The van der Waals surface area contributed by atoms with E-state index in [-0.39, 0.29) is 6.04 Å². The van der Waals surface area contributed by atoms with Crippen molar-refractivity contribution in [2.75, 3.05) is 19.0 Å². The second-order valence-electron chi connectivity index (χ2n) is 4.74. The van der Waals surface area contributed by atoms with E-state index in [0.717, 1.165) is 17.9 Å². The molecule has 2 rings (SSSR count). The van der Waals surface area contributed by atoms with Crippen molar-refractivity contribution in [2.45, 2.75) is 31.0 Å². The lowest BCUT2D eigenvalue weighted by Gasteiger charge is -2.20. The van der Waals surface area contributed by atoms with E-state index in [1.165, 1.54) is 0 Å². The van der Waals surface area contributed by atoms with Crippen molar-refractivity contribution in [1.29, 1.82) is 0 Å². The highest BCUT2D eigenvalue weighted by Gasteiger charge is 2.37. The lowest BCUT2D eigenvalue weighted by molar-refractivity contribution is 0.187. The van der Waals surface area contributed by atoms with E-state index in [0.29, 0.717) is 19.4 Å². The van der Waals surface area contributed by atoms with E-state index in [2.05, 4.69) is 5.32 Å². The summed E-state index contributed by atoms with van der Waals surface area (Å²) in [5.74, 6) is 0.769. The van der Waals surface area contributed by atoms with E-state index >= 15 is 0 Å². The van der Waals surface area contributed by atoms with Gasteiger partial charge >= 0.3 is 0 Å². The van der Waals surface area contributed by atoms with Crippen molar-refractivity contribution in [3.8, 4) is 5.75 Å². The lowest BCUT2D eigenvalue weighted by Crippen LogP contribution is -2.31. The summed E-state index contributed by atoms with van der Waals surface area (Å²) in [6, 6.07) is 7.51. The number of hydrogen-bond donors (Lipinski definition) is 2. The van der Waals surface area contributed by atoms with E-state index < -0.39 is 5.67 Å². The number of ether oxygens (including phenoxy) is 1. The quantitative estimate of drug-likeness (QED) is 0.846. The molecule has 0 aromatic heterocycles. The van der Waals surface area contributed by atoms with Gasteiger partial charge in [-0.2, -0.15) is 0 Å². The topological polar surface area (TPSA) is 47.3 Å². The lowest BCUT2D eigenvalue weighted by atomic mass is 10.0. The van der Waals surface area contributed by atoms with Gasteiger partial charge in [0.25, 0.3) is 0 Å². The molecule has 1 saturated carbocycles. The normalized spacial score (nSPS) is 28.1. The highest BCUT2D eigenvalue weighted by Crippen LogP contribution is 2.33. The fraction of sp³-hybridized carbons (Fsp3) is 0.538. The molecular weight excluding hydrogens is 219 g/mol. The number of halogens is 1. The summed E-state index contributed by atoms with van der Waals surface area (Å²) in [6.45, 7) is 0.313. The SMILES string of the molecule is COc1cccc(NCC2(F)CCC(N)C2)c1. The van der Waals surface area contributed by atoms with Gasteiger partial charge in [0.05, 0.1) is 7.11 Å². The molecule has 4 heteroatoms. The molecule has 0 radical (unpaired) electrons. The molecule has 0 bridgehead atoms. The number of nitrogens with one attached hydrogen (secondary N) is 1. The highest BCUT2D eigenvalue weighted by molar-refractivity contribution is 5.48. The van der Waals surface area contributed by atoms with Crippen LogP contribution in [0.15, 0.2) is 24.3 Å². The molecule has 0 amide bonds. The van der Waals surface area contributed by atoms with Gasteiger partial charge in [0, 0.05) is 24.3 Å². The van der Waals surface area contributed by atoms with Crippen LogP contribution >= 0.6 is 0 Å². The van der Waals surface area contributed by atoms with Crippen LogP contribution in [0, 0.1) is 0 Å². The van der Waals surface area contributed by atoms with Crippen molar-refractivity contribution < 1.29 is 9.13 Å². The van der Waals surface area contributed by atoms with Crippen LogP contribution in [0.25, 0.3) is 0 Å². The monoisotopic (exact) mass is 238 g/mol. The number of rotatable bonds is 4. The van der Waals surface area contributed by atoms with Gasteiger partial charge in [-0.25, -0.2) is 4.39 Å². The first-order valence-electron chi connectivity index (χ1n) is 5.94. The third kappa shape index (κ3) is 3.09. The Hall–Kier alpha value is -1.29. The smallest absolute Gasteiger partial charge is 0.129 e. The number of methoxy groups -OCH3 is 1. The summed E-state index contributed by atoms with van der Waals surface area (Å²) in [7, 11) is 1.62. The summed E-state index contributed by atoms with van der Waals surface area (Å²) in [6.07, 6.45) is 1.77. The minimum Gasteiger partial charge on any atom is -0.497 e. The van der Waals surface area contributed by atoms with Gasteiger partial charge in [-0.15, -0.1) is 0 Å². The van der Waals surface area contributed by atoms with Crippen molar-refractivity contribution in [3.05, 3.63) is 24.3 Å². The molecule has 1 aromatic carbocycles. The fourth-order valence-electron chi connectivity index (χ4n) is 2.27. The number of alkyl halides is 1. The number of nitrogens with two attached hydrogens (primary N) is 1. The summed E-state index contributed by atoms with van der Waals surface area (Å²) in [4.78, 5) is 0. The molecular formula is C13H19FN2O. The zero-order valence-corrected chi connectivity index (χ0v) is 10.1. The molecule has 94 valence electrons. The van der Waals surface area contributed by atoms with Gasteiger partial charge in [0.1, 0.15) is 11.4 Å². The molecule has 3 nitrogen and oxygen atoms in total. The number of anilines is 1. The highest BCUT2D eigenvalue weighted by atomic mass is 19.1. The van der Waals surface area contributed by atoms with Gasteiger partial charge in [-0.3, -0.25) is 0 Å². The van der Waals surface area contributed by atoms with Crippen LogP contribution in [0.2, 0.25) is 0 Å². The average molecular weight is 238 g/mol. The zero-order valence-electron chi connectivity index (χ0n) is 10.1. The van der Waals surface area contributed by atoms with Gasteiger partial charge in [-0.05, 0) is 31.4 Å². The molecule has 2 unspecified atom stereocenters. The van der Waals surface area contributed by atoms with E-state index in [4.69, 9.17) is 10.5 Å². The summed E-state index contributed by atoms with van der Waals surface area (Å²) >= 11 is 0. The molecule has 0 spiro atoms. The molecule has 1 aliphatic rings. The maximum Gasteiger partial charge on any atom is 0.129 e. The second-order valence-corrected chi connectivity index (χ2v) is 4.74. The minimum atomic E-state index is -1.16. The Bertz CT molecular complexity index is 385. The minimum absolute atomic E-state index is 0.00658. The van der Waals surface area contributed by atoms with Crippen LogP contribution in [-0.4, -0.2) is 25.4 Å². The Kier molecular flexibility index (Phi) is 3.52. The largest absolute Gasteiger partial charge is 0.497 e. The van der Waals surface area contributed by atoms with Crippen LogP contribution < -0.4 is 15.8 Å². The fourth-order valence-corrected chi connectivity index (χ4v) is 2.27. The third-order valence-corrected chi connectivity index (χ3v) is 3.27. The molecule has 0 saturated heterocycles. The van der Waals surface area contributed by atoms with Crippen molar-refractivity contribution in [3.63, 3.8) is 0 Å².